The second kappa shape index (κ2) is 9.11. The van der Waals surface area contributed by atoms with Crippen molar-refractivity contribution in [3.8, 4) is 5.75 Å². The lowest BCUT2D eigenvalue weighted by Crippen LogP contribution is -2.48. The number of ether oxygens (including phenoxy) is 1. The third-order valence-corrected chi connectivity index (χ3v) is 6.56. The molecule has 0 radical (unpaired) electrons. The Balaban J connectivity index is 1.24. The van der Waals surface area contributed by atoms with Gasteiger partial charge in [-0.25, -0.2) is 0 Å². The van der Waals surface area contributed by atoms with Gasteiger partial charge in [-0.2, -0.15) is 0 Å². The number of benzene rings is 3. The third-order valence-electron chi connectivity index (χ3n) is 6.56. The lowest BCUT2D eigenvalue weighted by molar-refractivity contribution is -0.121. The Kier molecular flexibility index (Phi) is 5.90. The second-order valence-corrected chi connectivity index (χ2v) is 8.87. The first-order valence-electron chi connectivity index (χ1n) is 11.4. The fraction of sp³-hybridized carbons (Fsp3) is 0.370. The summed E-state index contributed by atoms with van der Waals surface area (Å²) in [7, 11) is 0. The largest absolute Gasteiger partial charge is 0.492 e. The minimum Gasteiger partial charge on any atom is -0.492 e. The highest BCUT2D eigenvalue weighted by Crippen LogP contribution is 2.32. The van der Waals surface area contributed by atoms with Crippen molar-refractivity contribution in [3.05, 3.63) is 77.9 Å². The SMILES string of the molecule is O=C(CC1CC1)NCC1Cc2ccccc2CN1CCOc1cccc2ccccc12. The van der Waals surface area contributed by atoms with Crippen molar-refractivity contribution in [2.45, 2.75) is 38.3 Å². The number of nitrogens with one attached hydrogen (secondary N) is 1. The number of rotatable bonds is 8. The van der Waals surface area contributed by atoms with Crippen molar-refractivity contribution in [2.24, 2.45) is 5.92 Å². The van der Waals surface area contributed by atoms with Crippen LogP contribution in [0.3, 0.4) is 0 Å². The topological polar surface area (TPSA) is 41.6 Å². The van der Waals surface area contributed by atoms with Gasteiger partial charge >= 0.3 is 0 Å². The fourth-order valence-corrected chi connectivity index (χ4v) is 4.59. The molecule has 1 unspecified atom stereocenters. The number of amides is 1. The summed E-state index contributed by atoms with van der Waals surface area (Å²) >= 11 is 0. The molecule has 1 amide bonds. The normalized spacial score (nSPS) is 18.5. The maximum Gasteiger partial charge on any atom is 0.220 e. The van der Waals surface area contributed by atoms with Crippen LogP contribution in [-0.4, -0.2) is 36.5 Å². The number of hydrogen-bond donors (Lipinski definition) is 1. The Labute approximate surface area is 184 Å². The van der Waals surface area contributed by atoms with E-state index in [1.54, 1.807) is 0 Å². The van der Waals surface area contributed by atoms with Gasteiger partial charge < -0.3 is 10.1 Å². The number of hydrogen-bond acceptors (Lipinski definition) is 3. The van der Waals surface area contributed by atoms with Gasteiger partial charge in [0.15, 0.2) is 0 Å². The summed E-state index contributed by atoms with van der Waals surface area (Å²) in [5, 5.41) is 5.54. The zero-order chi connectivity index (χ0) is 21.0. The molecule has 2 aliphatic rings. The quantitative estimate of drug-likeness (QED) is 0.587. The van der Waals surface area contributed by atoms with E-state index >= 15 is 0 Å². The van der Waals surface area contributed by atoms with Crippen molar-refractivity contribution in [1.29, 1.82) is 0 Å². The molecular formula is C27H30N2O2. The molecule has 1 aliphatic carbocycles. The van der Waals surface area contributed by atoms with Crippen LogP contribution in [0.1, 0.15) is 30.4 Å². The van der Waals surface area contributed by atoms with E-state index in [1.807, 2.05) is 12.1 Å². The van der Waals surface area contributed by atoms with Crippen LogP contribution in [0.2, 0.25) is 0 Å². The van der Waals surface area contributed by atoms with Gasteiger partial charge in [-0.3, -0.25) is 9.69 Å². The van der Waals surface area contributed by atoms with E-state index in [4.69, 9.17) is 4.74 Å². The summed E-state index contributed by atoms with van der Waals surface area (Å²) in [6, 6.07) is 23.5. The average Bonchev–Trinajstić information content (AvgIpc) is 3.61. The molecule has 3 aromatic carbocycles. The summed E-state index contributed by atoms with van der Waals surface area (Å²) < 4.78 is 6.22. The van der Waals surface area contributed by atoms with Crippen molar-refractivity contribution < 1.29 is 9.53 Å². The van der Waals surface area contributed by atoms with Crippen molar-refractivity contribution in [1.82, 2.24) is 10.2 Å². The van der Waals surface area contributed by atoms with Crippen LogP contribution in [0, 0.1) is 5.92 Å². The van der Waals surface area contributed by atoms with Crippen LogP contribution in [-0.2, 0) is 17.8 Å². The molecule has 31 heavy (non-hydrogen) atoms. The van der Waals surface area contributed by atoms with Crippen LogP contribution in [0.25, 0.3) is 10.8 Å². The van der Waals surface area contributed by atoms with Crippen LogP contribution >= 0.6 is 0 Å². The van der Waals surface area contributed by atoms with Gasteiger partial charge in [0.25, 0.3) is 0 Å². The van der Waals surface area contributed by atoms with Gasteiger partial charge in [0.05, 0.1) is 0 Å². The van der Waals surface area contributed by atoms with E-state index < -0.39 is 0 Å². The van der Waals surface area contributed by atoms with Gasteiger partial charge in [-0.15, -0.1) is 0 Å². The molecule has 1 atom stereocenters. The summed E-state index contributed by atoms with van der Waals surface area (Å²) in [5.74, 6) is 1.76. The van der Waals surface area contributed by atoms with Crippen molar-refractivity contribution in [3.63, 3.8) is 0 Å². The minimum atomic E-state index is 0.202. The number of fused-ring (bicyclic) bond motifs is 2. The molecule has 0 spiro atoms. The van der Waals surface area contributed by atoms with Gasteiger partial charge in [-0.1, -0.05) is 60.7 Å². The zero-order valence-corrected chi connectivity index (χ0v) is 17.9. The van der Waals surface area contributed by atoms with E-state index in [2.05, 4.69) is 64.8 Å². The first-order valence-corrected chi connectivity index (χ1v) is 11.4. The van der Waals surface area contributed by atoms with E-state index in [-0.39, 0.29) is 5.91 Å². The van der Waals surface area contributed by atoms with Gasteiger partial charge in [0.2, 0.25) is 5.91 Å². The van der Waals surface area contributed by atoms with E-state index in [9.17, 15) is 4.79 Å². The van der Waals surface area contributed by atoms with Gasteiger partial charge in [0.1, 0.15) is 12.4 Å². The maximum absolute atomic E-state index is 12.3. The molecule has 1 N–H and O–H groups in total. The number of carbonyl (C=O) groups excluding carboxylic acids is 1. The Bertz CT molecular complexity index is 1050. The van der Waals surface area contributed by atoms with E-state index in [0.717, 1.165) is 30.6 Å². The second-order valence-electron chi connectivity index (χ2n) is 8.87. The maximum atomic E-state index is 12.3. The van der Waals surface area contributed by atoms with Gasteiger partial charge in [-0.05, 0) is 47.8 Å². The highest BCUT2D eigenvalue weighted by atomic mass is 16.5. The van der Waals surface area contributed by atoms with Crippen LogP contribution in [0.15, 0.2) is 66.7 Å². The molecular weight excluding hydrogens is 384 g/mol. The molecule has 160 valence electrons. The van der Waals surface area contributed by atoms with Gasteiger partial charge in [0, 0.05) is 37.5 Å². The summed E-state index contributed by atoms with van der Waals surface area (Å²) in [5.41, 5.74) is 2.78. The molecule has 4 nitrogen and oxygen atoms in total. The van der Waals surface area contributed by atoms with Crippen LogP contribution in [0.5, 0.6) is 5.75 Å². The Hall–Kier alpha value is -2.85. The van der Waals surface area contributed by atoms with E-state index in [1.165, 1.54) is 29.4 Å². The molecule has 0 saturated heterocycles. The van der Waals surface area contributed by atoms with Crippen molar-refractivity contribution in [2.75, 3.05) is 19.7 Å². The third kappa shape index (κ3) is 4.91. The van der Waals surface area contributed by atoms with Crippen LogP contribution < -0.4 is 10.1 Å². The highest BCUT2D eigenvalue weighted by Gasteiger charge is 2.28. The summed E-state index contributed by atoms with van der Waals surface area (Å²) in [6.07, 6.45) is 4.07. The molecule has 1 aliphatic heterocycles. The zero-order valence-electron chi connectivity index (χ0n) is 17.9. The molecule has 1 heterocycles. The van der Waals surface area contributed by atoms with Crippen LogP contribution in [0.4, 0.5) is 0 Å². The lowest BCUT2D eigenvalue weighted by atomic mass is 9.94. The molecule has 1 fully saturated rings. The molecule has 3 aromatic rings. The standard InChI is InChI=1S/C27H30N2O2/c30-27(16-20-12-13-20)28-18-24-17-22-7-1-2-8-23(22)19-29(24)14-15-31-26-11-5-9-21-6-3-4-10-25(21)26/h1-11,20,24H,12-19H2,(H,28,30). The number of nitrogens with zero attached hydrogens (tertiary/aromatic N) is 1. The average molecular weight is 415 g/mol. The Morgan fingerprint density at radius 3 is 2.61 bits per heavy atom. The first kappa shape index (κ1) is 20.1. The Morgan fingerprint density at radius 1 is 0.968 bits per heavy atom. The number of carbonyl (C=O) groups is 1. The predicted molar refractivity (Wildman–Crippen MR) is 124 cm³/mol. The summed E-state index contributed by atoms with van der Waals surface area (Å²) in [4.78, 5) is 14.7. The summed E-state index contributed by atoms with van der Waals surface area (Å²) in [6.45, 7) is 3.07. The predicted octanol–water partition coefficient (Wildman–Crippen LogP) is 4.56. The Morgan fingerprint density at radius 2 is 1.74 bits per heavy atom. The monoisotopic (exact) mass is 414 g/mol. The fourth-order valence-electron chi connectivity index (χ4n) is 4.59. The highest BCUT2D eigenvalue weighted by molar-refractivity contribution is 5.88. The molecule has 5 rings (SSSR count). The minimum absolute atomic E-state index is 0.202. The van der Waals surface area contributed by atoms with Crippen molar-refractivity contribution >= 4 is 16.7 Å². The molecule has 0 bridgehead atoms. The first-order chi connectivity index (χ1) is 15.3. The molecule has 1 saturated carbocycles. The van der Waals surface area contributed by atoms with E-state index in [0.29, 0.717) is 31.5 Å². The smallest absolute Gasteiger partial charge is 0.220 e. The lowest BCUT2D eigenvalue weighted by Gasteiger charge is -2.37. The molecule has 0 aromatic heterocycles. The molecule has 4 heteroatoms.